The molecule has 18 heavy (non-hydrogen) atoms. The number of nitrogens with zero attached hydrogens (tertiary/aromatic N) is 1. The van der Waals surface area contributed by atoms with E-state index in [0.717, 1.165) is 11.3 Å². The molecule has 1 heterocycles. The van der Waals surface area contributed by atoms with E-state index in [9.17, 15) is 0 Å². The first-order chi connectivity index (χ1) is 8.60. The summed E-state index contributed by atoms with van der Waals surface area (Å²) in [6.07, 6.45) is 0. The molecule has 2 nitrogen and oxygen atoms in total. The fourth-order valence-corrected chi connectivity index (χ4v) is 2.75. The summed E-state index contributed by atoms with van der Waals surface area (Å²) in [4.78, 5) is 2.60. The van der Waals surface area contributed by atoms with Gasteiger partial charge < -0.3 is 5.32 Å². The molecule has 0 aliphatic carbocycles. The third-order valence-electron chi connectivity index (χ3n) is 2.86. The average molecular weight is 256 g/mol. The molecule has 1 atom stereocenters. The van der Waals surface area contributed by atoms with E-state index in [1.54, 1.807) is 11.3 Å². The molecule has 3 heteroatoms. The van der Waals surface area contributed by atoms with Crippen LogP contribution in [0.25, 0.3) is 0 Å². The fraction of sp³-hybridized carbons (Fsp3) is 0.267. The van der Waals surface area contributed by atoms with Crippen molar-refractivity contribution in [1.29, 1.82) is 5.26 Å². The van der Waals surface area contributed by atoms with E-state index >= 15 is 0 Å². The lowest BCUT2D eigenvalue weighted by Gasteiger charge is -2.15. The summed E-state index contributed by atoms with van der Waals surface area (Å²) in [7, 11) is 0. The van der Waals surface area contributed by atoms with Crippen molar-refractivity contribution in [3.8, 4) is 6.07 Å². The van der Waals surface area contributed by atoms with Crippen LogP contribution in [0, 0.1) is 25.2 Å². The summed E-state index contributed by atoms with van der Waals surface area (Å²) in [5.41, 5.74) is 2.72. The lowest BCUT2D eigenvalue weighted by Crippen LogP contribution is -2.06. The van der Waals surface area contributed by atoms with Crippen molar-refractivity contribution in [2.45, 2.75) is 26.8 Å². The van der Waals surface area contributed by atoms with Crippen LogP contribution in [0.4, 0.5) is 5.69 Å². The summed E-state index contributed by atoms with van der Waals surface area (Å²) in [5.74, 6) is 0. The Hall–Kier alpha value is -1.79. The van der Waals surface area contributed by atoms with E-state index in [1.165, 1.54) is 9.75 Å². The maximum atomic E-state index is 9.14. The minimum absolute atomic E-state index is 0.221. The maximum absolute atomic E-state index is 9.14. The molecular weight excluding hydrogens is 240 g/mol. The van der Waals surface area contributed by atoms with Gasteiger partial charge in [-0.1, -0.05) is 6.07 Å². The van der Waals surface area contributed by atoms with Crippen molar-refractivity contribution < 1.29 is 0 Å². The predicted octanol–water partition coefficient (Wildman–Crippen LogP) is 4.41. The zero-order chi connectivity index (χ0) is 13.1. The first-order valence-electron chi connectivity index (χ1n) is 5.94. The lowest BCUT2D eigenvalue weighted by molar-refractivity contribution is 0.907. The molecule has 1 aromatic heterocycles. The number of hydrogen-bond acceptors (Lipinski definition) is 3. The fourth-order valence-electron chi connectivity index (χ4n) is 1.87. The molecule has 1 aromatic carbocycles. The van der Waals surface area contributed by atoms with Crippen molar-refractivity contribution in [2.75, 3.05) is 5.32 Å². The number of aryl methyl sites for hydroxylation is 2. The van der Waals surface area contributed by atoms with Gasteiger partial charge >= 0.3 is 0 Å². The highest BCUT2D eigenvalue weighted by Crippen LogP contribution is 2.27. The van der Waals surface area contributed by atoms with E-state index in [2.05, 4.69) is 37.4 Å². The second kappa shape index (κ2) is 5.24. The number of benzene rings is 1. The van der Waals surface area contributed by atoms with Crippen molar-refractivity contribution >= 4 is 17.0 Å². The average Bonchev–Trinajstić information content (AvgIpc) is 2.78. The third kappa shape index (κ3) is 2.72. The predicted molar refractivity (Wildman–Crippen MR) is 77.0 cm³/mol. The van der Waals surface area contributed by atoms with Gasteiger partial charge in [0.05, 0.1) is 17.3 Å². The Morgan fingerprint density at radius 2 is 2.00 bits per heavy atom. The minimum atomic E-state index is 0.221. The second-order valence-electron chi connectivity index (χ2n) is 4.48. The highest BCUT2D eigenvalue weighted by molar-refractivity contribution is 7.12. The van der Waals surface area contributed by atoms with Gasteiger partial charge in [-0.05, 0) is 50.6 Å². The molecule has 1 unspecified atom stereocenters. The van der Waals surface area contributed by atoms with Crippen molar-refractivity contribution in [1.82, 2.24) is 0 Å². The molecule has 0 saturated heterocycles. The molecule has 0 radical (unpaired) electrons. The zero-order valence-electron chi connectivity index (χ0n) is 10.8. The Morgan fingerprint density at radius 1 is 1.22 bits per heavy atom. The Morgan fingerprint density at radius 3 is 2.61 bits per heavy atom. The molecular formula is C15H16N2S. The summed E-state index contributed by atoms with van der Waals surface area (Å²) in [5, 5.41) is 12.5. The molecule has 0 aliphatic rings. The Bertz CT molecular complexity index is 593. The van der Waals surface area contributed by atoms with Gasteiger partial charge in [0.2, 0.25) is 0 Å². The number of nitrogens with one attached hydrogen (secondary N) is 1. The molecule has 0 amide bonds. The lowest BCUT2D eigenvalue weighted by atomic mass is 10.1. The monoisotopic (exact) mass is 256 g/mol. The van der Waals surface area contributed by atoms with Crippen LogP contribution in [0.2, 0.25) is 0 Å². The minimum Gasteiger partial charge on any atom is -0.377 e. The van der Waals surface area contributed by atoms with Gasteiger partial charge in [0.1, 0.15) is 6.07 Å². The number of rotatable bonds is 3. The van der Waals surface area contributed by atoms with E-state index in [1.807, 2.05) is 25.1 Å². The maximum Gasteiger partial charge on any atom is 0.101 e. The Labute approximate surface area is 112 Å². The molecule has 0 aliphatic heterocycles. The zero-order valence-corrected chi connectivity index (χ0v) is 11.6. The second-order valence-corrected chi connectivity index (χ2v) is 5.79. The van der Waals surface area contributed by atoms with Crippen LogP contribution in [0.1, 0.15) is 33.8 Å². The van der Waals surface area contributed by atoms with Crippen LogP contribution in [0.15, 0.2) is 30.3 Å². The van der Waals surface area contributed by atoms with Gasteiger partial charge in [-0.25, -0.2) is 0 Å². The molecule has 2 aromatic rings. The molecule has 0 bridgehead atoms. The topological polar surface area (TPSA) is 35.8 Å². The Kier molecular flexibility index (Phi) is 3.69. The van der Waals surface area contributed by atoms with Crippen molar-refractivity contribution in [3.63, 3.8) is 0 Å². The van der Waals surface area contributed by atoms with Crippen molar-refractivity contribution in [3.05, 3.63) is 51.2 Å². The highest BCUT2D eigenvalue weighted by atomic mass is 32.1. The molecule has 1 N–H and O–H groups in total. The van der Waals surface area contributed by atoms with Crippen LogP contribution in [0.3, 0.4) is 0 Å². The molecule has 92 valence electrons. The Balaban J connectivity index is 2.22. The molecule has 0 saturated carbocycles. The largest absolute Gasteiger partial charge is 0.377 e. The number of nitriles is 1. The van der Waals surface area contributed by atoms with Crippen molar-refractivity contribution in [2.24, 2.45) is 0 Å². The van der Waals surface area contributed by atoms with E-state index in [0.29, 0.717) is 5.56 Å². The van der Waals surface area contributed by atoms with Crippen LogP contribution < -0.4 is 5.32 Å². The molecule has 0 spiro atoms. The van der Waals surface area contributed by atoms with Gasteiger partial charge in [-0.2, -0.15) is 5.26 Å². The summed E-state index contributed by atoms with van der Waals surface area (Å²) < 4.78 is 0. The van der Waals surface area contributed by atoms with Crippen LogP contribution >= 0.6 is 11.3 Å². The van der Waals surface area contributed by atoms with E-state index in [-0.39, 0.29) is 6.04 Å². The summed E-state index contributed by atoms with van der Waals surface area (Å²) in [6.45, 7) is 6.22. The van der Waals surface area contributed by atoms with Gasteiger partial charge in [-0.15, -0.1) is 11.3 Å². The molecule has 0 fully saturated rings. The normalized spacial score (nSPS) is 11.9. The number of hydrogen-bond donors (Lipinski definition) is 1. The molecule has 2 rings (SSSR count). The summed E-state index contributed by atoms with van der Waals surface area (Å²) >= 11 is 1.79. The summed E-state index contributed by atoms with van der Waals surface area (Å²) in [6, 6.07) is 12.6. The SMILES string of the molecule is Cc1ccc(NC(C)c2ccc(C)s2)c(C#N)c1. The smallest absolute Gasteiger partial charge is 0.101 e. The van der Waals surface area contributed by atoms with E-state index in [4.69, 9.17) is 5.26 Å². The van der Waals surface area contributed by atoms with Crippen LogP contribution in [0.5, 0.6) is 0 Å². The standard InChI is InChI=1S/C15H16N2S/c1-10-4-6-14(13(8-10)9-16)17-12(3)15-7-5-11(2)18-15/h4-8,12,17H,1-3H3. The number of anilines is 1. The highest BCUT2D eigenvalue weighted by Gasteiger charge is 2.10. The van der Waals surface area contributed by atoms with Crippen LogP contribution in [-0.2, 0) is 0 Å². The van der Waals surface area contributed by atoms with E-state index < -0.39 is 0 Å². The third-order valence-corrected chi connectivity index (χ3v) is 4.04. The van der Waals surface area contributed by atoms with Gasteiger partial charge in [0.15, 0.2) is 0 Å². The van der Waals surface area contributed by atoms with Gasteiger partial charge in [-0.3, -0.25) is 0 Å². The quantitative estimate of drug-likeness (QED) is 0.883. The van der Waals surface area contributed by atoms with Crippen LogP contribution in [-0.4, -0.2) is 0 Å². The van der Waals surface area contributed by atoms with Gasteiger partial charge in [0, 0.05) is 9.75 Å². The first kappa shape index (κ1) is 12.7. The first-order valence-corrected chi connectivity index (χ1v) is 6.75. The van der Waals surface area contributed by atoms with Gasteiger partial charge in [0.25, 0.3) is 0 Å². The number of thiophene rings is 1.